The van der Waals surface area contributed by atoms with Gasteiger partial charge in [0.25, 0.3) is 0 Å². The average molecular weight is 331 g/mol. The number of fused-ring (bicyclic) bond motifs is 1. The van der Waals surface area contributed by atoms with Gasteiger partial charge in [-0.2, -0.15) is 5.10 Å². The number of nitrogen functional groups attached to an aromatic ring is 1. The number of ether oxygens (including phenoxy) is 1. The Morgan fingerprint density at radius 1 is 1.52 bits per heavy atom. The van der Waals surface area contributed by atoms with Crippen LogP contribution < -0.4 is 5.73 Å². The number of aliphatic hydroxyl groups excluding tert-OH is 1. The van der Waals surface area contributed by atoms with Gasteiger partial charge in [0.1, 0.15) is 23.0 Å². The number of aromatic nitrogens is 4. The molecule has 23 heavy (non-hydrogen) atoms. The molecule has 7 nitrogen and oxygen atoms in total. The fourth-order valence-electron chi connectivity index (χ4n) is 3.06. The molecule has 2 atom stereocenters. The molecule has 0 radical (unpaired) electrons. The van der Waals surface area contributed by atoms with Crippen molar-refractivity contribution >= 4 is 22.7 Å². The Morgan fingerprint density at radius 3 is 3.09 bits per heavy atom. The highest BCUT2D eigenvalue weighted by molar-refractivity contribution is 7.13. The number of aliphatic hydroxyl groups is 1. The maximum absolute atomic E-state index is 9.52. The number of nitrogens with zero attached hydrogens (tertiary/aromatic N) is 4. The maximum Gasteiger partial charge on any atom is 0.152 e. The van der Waals surface area contributed by atoms with Crippen molar-refractivity contribution in [2.75, 3.05) is 12.3 Å². The summed E-state index contributed by atoms with van der Waals surface area (Å²) >= 11 is 1.54. The molecule has 8 heteroatoms. The number of anilines is 1. The van der Waals surface area contributed by atoms with E-state index in [-0.39, 0.29) is 12.7 Å². The Hall–Kier alpha value is -2.03. The van der Waals surface area contributed by atoms with Crippen LogP contribution >= 0.6 is 11.3 Å². The second kappa shape index (κ2) is 5.26. The monoisotopic (exact) mass is 331 g/mol. The third-order valence-electron chi connectivity index (χ3n) is 4.30. The lowest BCUT2D eigenvalue weighted by Crippen LogP contribution is -2.28. The lowest BCUT2D eigenvalue weighted by molar-refractivity contribution is -0.0635. The van der Waals surface area contributed by atoms with Gasteiger partial charge in [-0.05, 0) is 25.8 Å². The largest absolute Gasteiger partial charge is 0.393 e. The Balaban J connectivity index is 1.87. The molecule has 0 amide bonds. The first-order valence-electron chi connectivity index (χ1n) is 7.42. The second-order valence-corrected chi connectivity index (χ2v) is 6.87. The summed E-state index contributed by atoms with van der Waals surface area (Å²) in [6, 6.07) is 2.02. The first-order chi connectivity index (χ1) is 11.1. The summed E-state index contributed by atoms with van der Waals surface area (Å²) in [5.74, 6) is 0.416. The highest BCUT2D eigenvalue weighted by atomic mass is 32.1. The molecule has 0 saturated carbocycles. The van der Waals surface area contributed by atoms with E-state index < -0.39 is 5.60 Å². The molecule has 4 heterocycles. The molecule has 0 aliphatic carbocycles. The van der Waals surface area contributed by atoms with Crippen molar-refractivity contribution < 1.29 is 9.84 Å². The van der Waals surface area contributed by atoms with E-state index >= 15 is 0 Å². The van der Waals surface area contributed by atoms with E-state index in [1.165, 1.54) is 6.33 Å². The fraction of sp³-hybridized carbons (Fsp3) is 0.400. The summed E-state index contributed by atoms with van der Waals surface area (Å²) in [5.41, 5.74) is 8.15. The number of hydrogen-bond acceptors (Lipinski definition) is 7. The van der Waals surface area contributed by atoms with Gasteiger partial charge in [-0.3, -0.25) is 0 Å². The SMILES string of the molecule is CC1(CO)CCC(c2cc(-c3nccs3)c3c(N)ncnn23)O1. The van der Waals surface area contributed by atoms with Crippen LogP contribution in [-0.4, -0.2) is 36.9 Å². The Kier molecular flexibility index (Phi) is 3.33. The first kappa shape index (κ1) is 14.6. The van der Waals surface area contributed by atoms with Crippen LogP contribution in [0.3, 0.4) is 0 Å². The highest BCUT2D eigenvalue weighted by Gasteiger charge is 2.38. The average Bonchev–Trinajstić information content (AvgIpc) is 3.25. The van der Waals surface area contributed by atoms with Crippen LogP contribution in [-0.2, 0) is 4.74 Å². The summed E-state index contributed by atoms with van der Waals surface area (Å²) in [7, 11) is 0. The first-order valence-corrected chi connectivity index (χ1v) is 8.30. The topological polar surface area (TPSA) is 98.6 Å². The fourth-order valence-corrected chi connectivity index (χ4v) is 3.72. The Bertz CT molecular complexity index is 847. The second-order valence-electron chi connectivity index (χ2n) is 5.98. The van der Waals surface area contributed by atoms with Crippen molar-refractivity contribution in [2.24, 2.45) is 0 Å². The predicted molar refractivity (Wildman–Crippen MR) is 87.1 cm³/mol. The van der Waals surface area contributed by atoms with Gasteiger partial charge in [-0.15, -0.1) is 11.3 Å². The minimum absolute atomic E-state index is 0.00324. The zero-order valence-electron chi connectivity index (χ0n) is 12.6. The van der Waals surface area contributed by atoms with Gasteiger partial charge in [0.05, 0.1) is 17.9 Å². The van der Waals surface area contributed by atoms with Gasteiger partial charge >= 0.3 is 0 Å². The molecule has 3 aromatic heterocycles. The predicted octanol–water partition coefficient (Wildman–Crippen LogP) is 2.04. The zero-order chi connectivity index (χ0) is 16.0. The van der Waals surface area contributed by atoms with Gasteiger partial charge in [0.2, 0.25) is 0 Å². The zero-order valence-corrected chi connectivity index (χ0v) is 13.5. The molecule has 3 aromatic rings. The summed E-state index contributed by atoms with van der Waals surface area (Å²) in [4.78, 5) is 8.48. The molecule has 0 aromatic carbocycles. The Morgan fingerprint density at radius 2 is 2.39 bits per heavy atom. The minimum Gasteiger partial charge on any atom is -0.393 e. The van der Waals surface area contributed by atoms with Gasteiger partial charge in [0.15, 0.2) is 5.82 Å². The van der Waals surface area contributed by atoms with Crippen LogP contribution in [0.25, 0.3) is 16.1 Å². The summed E-state index contributed by atoms with van der Waals surface area (Å²) in [5, 5.41) is 16.7. The molecular formula is C15H17N5O2S. The van der Waals surface area contributed by atoms with Crippen LogP contribution in [0, 0.1) is 0 Å². The van der Waals surface area contributed by atoms with Crippen molar-refractivity contribution in [2.45, 2.75) is 31.5 Å². The van der Waals surface area contributed by atoms with Crippen molar-refractivity contribution in [1.29, 1.82) is 0 Å². The number of hydrogen-bond donors (Lipinski definition) is 2. The van der Waals surface area contributed by atoms with Crippen molar-refractivity contribution in [3.05, 3.63) is 29.7 Å². The molecule has 1 saturated heterocycles. The molecule has 120 valence electrons. The van der Waals surface area contributed by atoms with Crippen LogP contribution in [0.5, 0.6) is 0 Å². The molecule has 4 rings (SSSR count). The number of thiazole rings is 1. The van der Waals surface area contributed by atoms with Crippen molar-refractivity contribution in [1.82, 2.24) is 19.6 Å². The normalized spacial score (nSPS) is 24.5. The van der Waals surface area contributed by atoms with Crippen LogP contribution in [0.1, 0.15) is 31.6 Å². The maximum atomic E-state index is 9.52. The molecule has 1 aliphatic heterocycles. The molecule has 3 N–H and O–H groups in total. The summed E-state index contributed by atoms with van der Waals surface area (Å²) in [6.07, 6.45) is 4.69. The summed E-state index contributed by atoms with van der Waals surface area (Å²) < 4.78 is 7.86. The highest BCUT2D eigenvalue weighted by Crippen LogP contribution is 2.42. The van der Waals surface area contributed by atoms with E-state index in [4.69, 9.17) is 10.5 Å². The van der Waals surface area contributed by atoms with Crippen LogP contribution in [0.2, 0.25) is 0 Å². The smallest absolute Gasteiger partial charge is 0.152 e. The third kappa shape index (κ3) is 2.30. The van der Waals surface area contributed by atoms with Crippen molar-refractivity contribution in [3.63, 3.8) is 0 Å². The van der Waals surface area contributed by atoms with Gasteiger partial charge < -0.3 is 15.6 Å². The Labute approximate surface area is 136 Å². The lowest BCUT2D eigenvalue weighted by atomic mass is 10.0. The van der Waals surface area contributed by atoms with E-state index in [1.54, 1.807) is 22.0 Å². The molecule has 2 unspecified atom stereocenters. The standard InChI is InChI=1S/C15H17N5O2S/c1-15(7-21)3-2-11(22-15)10-6-9(14-17-4-5-23-14)12-13(16)18-8-19-20(10)12/h4-6,8,11,21H,2-3,7H2,1H3,(H2,16,18,19). The van der Waals surface area contributed by atoms with E-state index in [9.17, 15) is 5.11 Å². The minimum atomic E-state index is -0.505. The summed E-state index contributed by atoms with van der Waals surface area (Å²) in [6.45, 7) is 1.93. The van der Waals surface area contributed by atoms with E-state index in [1.807, 2.05) is 18.4 Å². The van der Waals surface area contributed by atoms with Crippen LogP contribution in [0.4, 0.5) is 5.82 Å². The van der Waals surface area contributed by atoms with Gasteiger partial charge in [-0.1, -0.05) is 0 Å². The molecular weight excluding hydrogens is 314 g/mol. The molecule has 0 bridgehead atoms. The van der Waals surface area contributed by atoms with Gasteiger partial charge in [0, 0.05) is 17.1 Å². The van der Waals surface area contributed by atoms with Crippen molar-refractivity contribution in [3.8, 4) is 10.6 Å². The quantitative estimate of drug-likeness (QED) is 0.762. The third-order valence-corrected chi connectivity index (χ3v) is 5.11. The van der Waals surface area contributed by atoms with E-state index in [0.717, 1.165) is 34.6 Å². The van der Waals surface area contributed by atoms with E-state index in [2.05, 4.69) is 15.1 Å². The molecule has 0 spiro atoms. The number of rotatable bonds is 3. The lowest BCUT2D eigenvalue weighted by Gasteiger charge is -2.21. The van der Waals surface area contributed by atoms with E-state index in [0.29, 0.717) is 5.82 Å². The molecule has 1 fully saturated rings. The van der Waals surface area contributed by atoms with Gasteiger partial charge in [-0.25, -0.2) is 14.5 Å². The van der Waals surface area contributed by atoms with Crippen LogP contribution in [0.15, 0.2) is 24.0 Å². The number of nitrogens with two attached hydrogens (primary N) is 1. The molecule has 1 aliphatic rings.